The summed E-state index contributed by atoms with van der Waals surface area (Å²) in [6.45, 7) is 11.8. The number of alkyl halides is 1. The highest BCUT2D eigenvalue weighted by Crippen LogP contribution is 2.11. The number of hydrogen-bond acceptors (Lipinski definition) is 2. The van der Waals surface area contributed by atoms with Crippen molar-refractivity contribution in [2.45, 2.75) is 26.7 Å². The molecule has 0 radical (unpaired) electrons. The fraction of sp³-hybridized carbons (Fsp3) is 1.00. The zero-order valence-corrected chi connectivity index (χ0v) is 11.0. The molecule has 1 aliphatic rings. The second-order valence-electron chi connectivity index (χ2n) is 4.51. The maximum atomic E-state index is 5.75. The first-order valence-corrected chi connectivity index (χ1v) is 6.84. The van der Waals surface area contributed by atoms with Crippen LogP contribution in [0.2, 0.25) is 0 Å². The van der Waals surface area contributed by atoms with E-state index in [-0.39, 0.29) is 0 Å². The molecular formula is C12H25ClN2. The molecule has 1 fully saturated rings. The topological polar surface area (TPSA) is 6.48 Å². The van der Waals surface area contributed by atoms with Crippen molar-refractivity contribution in [3.63, 3.8) is 0 Å². The number of nitrogens with zero attached hydrogens (tertiary/aromatic N) is 2. The monoisotopic (exact) mass is 232 g/mol. The van der Waals surface area contributed by atoms with Crippen LogP contribution in [0.15, 0.2) is 0 Å². The summed E-state index contributed by atoms with van der Waals surface area (Å²) >= 11 is 5.75. The summed E-state index contributed by atoms with van der Waals surface area (Å²) in [4.78, 5) is 5.08. The van der Waals surface area contributed by atoms with E-state index in [0.29, 0.717) is 0 Å². The average molecular weight is 233 g/mol. The molecule has 0 atom stereocenters. The lowest BCUT2D eigenvalue weighted by molar-refractivity contribution is 0.120. The van der Waals surface area contributed by atoms with Gasteiger partial charge in [-0.2, -0.15) is 0 Å². The second-order valence-corrected chi connectivity index (χ2v) is 4.89. The van der Waals surface area contributed by atoms with Crippen molar-refractivity contribution in [3.05, 3.63) is 0 Å². The number of rotatable bonds is 6. The maximum Gasteiger partial charge on any atom is 0.0351 e. The van der Waals surface area contributed by atoms with Gasteiger partial charge in [-0.1, -0.05) is 26.7 Å². The van der Waals surface area contributed by atoms with Crippen molar-refractivity contribution in [1.29, 1.82) is 0 Å². The molecule has 90 valence electrons. The Morgan fingerprint density at radius 1 is 1.00 bits per heavy atom. The Morgan fingerprint density at radius 2 is 1.53 bits per heavy atom. The van der Waals surface area contributed by atoms with Crippen LogP contribution in [0.3, 0.4) is 0 Å². The standard InChI is InChI=1S/C12H25ClN2/c1-3-12(4-2)11-15-9-7-14(6-5-13)8-10-15/h12H,3-11H2,1-2H3. The molecule has 2 nitrogen and oxygen atoms in total. The third-order valence-electron chi connectivity index (χ3n) is 3.54. The van der Waals surface area contributed by atoms with Crippen molar-refractivity contribution >= 4 is 11.6 Å². The first-order valence-electron chi connectivity index (χ1n) is 6.30. The molecule has 3 heteroatoms. The minimum atomic E-state index is 0.770. The Morgan fingerprint density at radius 3 is 2.00 bits per heavy atom. The molecule has 0 saturated carbocycles. The SMILES string of the molecule is CCC(CC)CN1CCN(CCCl)CC1. The van der Waals surface area contributed by atoms with Crippen molar-refractivity contribution in [2.24, 2.45) is 5.92 Å². The van der Waals surface area contributed by atoms with E-state index in [4.69, 9.17) is 11.6 Å². The lowest BCUT2D eigenvalue weighted by atomic mass is 10.0. The Labute approximate surface area is 99.6 Å². The second kappa shape index (κ2) is 7.48. The lowest BCUT2D eigenvalue weighted by Gasteiger charge is -2.35. The molecule has 0 aromatic carbocycles. The normalized spacial score (nSPS) is 20.0. The molecule has 0 aliphatic carbocycles. The third-order valence-corrected chi connectivity index (χ3v) is 3.71. The fourth-order valence-electron chi connectivity index (χ4n) is 2.23. The molecule has 1 saturated heterocycles. The summed E-state index contributed by atoms with van der Waals surface area (Å²) in [5, 5.41) is 0. The quantitative estimate of drug-likeness (QED) is 0.649. The average Bonchev–Trinajstić information content (AvgIpc) is 2.28. The van der Waals surface area contributed by atoms with Gasteiger partial charge in [0.2, 0.25) is 0 Å². The highest BCUT2D eigenvalue weighted by Gasteiger charge is 2.18. The summed E-state index contributed by atoms with van der Waals surface area (Å²) in [6.07, 6.45) is 2.64. The minimum Gasteiger partial charge on any atom is -0.301 e. The minimum absolute atomic E-state index is 0.770. The summed E-state index contributed by atoms with van der Waals surface area (Å²) in [6, 6.07) is 0. The van der Waals surface area contributed by atoms with E-state index in [1.54, 1.807) is 0 Å². The molecule has 1 aliphatic heterocycles. The zero-order chi connectivity index (χ0) is 11.1. The highest BCUT2D eigenvalue weighted by atomic mass is 35.5. The van der Waals surface area contributed by atoms with E-state index in [2.05, 4.69) is 23.6 Å². The third kappa shape index (κ3) is 4.71. The van der Waals surface area contributed by atoms with Gasteiger partial charge in [-0.25, -0.2) is 0 Å². The van der Waals surface area contributed by atoms with E-state index in [0.717, 1.165) is 18.3 Å². The summed E-state index contributed by atoms with van der Waals surface area (Å²) in [5.41, 5.74) is 0. The molecule has 1 rings (SSSR count). The van der Waals surface area contributed by atoms with E-state index in [1.807, 2.05) is 0 Å². The lowest BCUT2D eigenvalue weighted by Crippen LogP contribution is -2.48. The van der Waals surface area contributed by atoms with Gasteiger partial charge in [0, 0.05) is 45.1 Å². The van der Waals surface area contributed by atoms with E-state index in [9.17, 15) is 0 Å². The van der Waals surface area contributed by atoms with Crippen LogP contribution >= 0.6 is 11.6 Å². The number of halogens is 1. The van der Waals surface area contributed by atoms with Gasteiger partial charge in [0.1, 0.15) is 0 Å². The van der Waals surface area contributed by atoms with Gasteiger partial charge in [0.15, 0.2) is 0 Å². The Kier molecular flexibility index (Phi) is 6.62. The molecule has 0 aromatic rings. The van der Waals surface area contributed by atoms with Gasteiger partial charge in [-0.15, -0.1) is 11.6 Å². The van der Waals surface area contributed by atoms with Crippen LogP contribution in [-0.2, 0) is 0 Å². The van der Waals surface area contributed by atoms with Crippen molar-refractivity contribution in [1.82, 2.24) is 9.80 Å². The first kappa shape index (κ1) is 13.3. The molecule has 0 unspecified atom stereocenters. The number of piperazine rings is 1. The predicted molar refractivity (Wildman–Crippen MR) is 67.7 cm³/mol. The van der Waals surface area contributed by atoms with Crippen LogP contribution in [0.1, 0.15) is 26.7 Å². The number of hydrogen-bond donors (Lipinski definition) is 0. The molecule has 15 heavy (non-hydrogen) atoms. The summed E-state index contributed by atoms with van der Waals surface area (Å²) < 4.78 is 0. The Balaban J connectivity index is 2.19. The van der Waals surface area contributed by atoms with Crippen LogP contribution in [0.5, 0.6) is 0 Å². The van der Waals surface area contributed by atoms with Gasteiger partial charge >= 0.3 is 0 Å². The van der Waals surface area contributed by atoms with Crippen LogP contribution in [0.4, 0.5) is 0 Å². The van der Waals surface area contributed by atoms with Gasteiger partial charge in [-0.05, 0) is 5.92 Å². The highest BCUT2D eigenvalue weighted by molar-refractivity contribution is 6.18. The maximum absolute atomic E-state index is 5.75. The van der Waals surface area contributed by atoms with E-state index >= 15 is 0 Å². The van der Waals surface area contributed by atoms with E-state index < -0.39 is 0 Å². The van der Waals surface area contributed by atoms with Crippen molar-refractivity contribution < 1.29 is 0 Å². The zero-order valence-electron chi connectivity index (χ0n) is 10.2. The molecule has 0 amide bonds. The van der Waals surface area contributed by atoms with Gasteiger partial charge in [-0.3, -0.25) is 4.90 Å². The van der Waals surface area contributed by atoms with Gasteiger partial charge in [0.25, 0.3) is 0 Å². The first-order chi connectivity index (χ1) is 7.30. The van der Waals surface area contributed by atoms with Crippen LogP contribution in [0.25, 0.3) is 0 Å². The van der Waals surface area contributed by atoms with Crippen LogP contribution < -0.4 is 0 Å². The molecule has 1 heterocycles. The van der Waals surface area contributed by atoms with E-state index in [1.165, 1.54) is 45.6 Å². The van der Waals surface area contributed by atoms with Crippen molar-refractivity contribution in [2.75, 3.05) is 45.1 Å². The van der Waals surface area contributed by atoms with Gasteiger partial charge < -0.3 is 4.90 Å². The van der Waals surface area contributed by atoms with Gasteiger partial charge in [0.05, 0.1) is 0 Å². The molecule has 0 bridgehead atoms. The molecule has 0 spiro atoms. The molecular weight excluding hydrogens is 208 g/mol. The van der Waals surface area contributed by atoms with Crippen LogP contribution in [-0.4, -0.2) is 54.9 Å². The van der Waals surface area contributed by atoms with Crippen LogP contribution in [0, 0.1) is 5.92 Å². The molecule has 0 N–H and O–H groups in total. The largest absolute Gasteiger partial charge is 0.301 e. The molecule has 0 aromatic heterocycles. The Hall–Kier alpha value is 0.210. The predicted octanol–water partition coefficient (Wildman–Crippen LogP) is 2.28. The van der Waals surface area contributed by atoms with Crippen molar-refractivity contribution in [3.8, 4) is 0 Å². The smallest absolute Gasteiger partial charge is 0.0351 e. The summed E-state index contributed by atoms with van der Waals surface area (Å²) in [5.74, 6) is 1.66. The fourth-order valence-corrected chi connectivity index (χ4v) is 2.47. The Bertz CT molecular complexity index is 152. The summed E-state index contributed by atoms with van der Waals surface area (Å²) in [7, 11) is 0.